The molecule has 0 heterocycles. The van der Waals surface area contributed by atoms with E-state index in [-0.39, 0.29) is 11.8 Å². The van der Waals surface area contributed by atoms with Gasteiger partial charge in [0.15, 0.2) is 5.78 Å². The predicted octanol–water partition coefficient (Wildman–Crippen LogP) is 1.98. The summed E-state index contributed by atoms with van der Waals surface area (Å²) in [5.41, 5.74) is 0.422. The number of carbonyl (C=O) groups excluding carboxylic acids is 1. The van der Waals surface area contributed by atoms with E-state index in [0.29, 0.717) is 5.56 Å². The van der Waals surface area contributed by atoms with Gasteiger partial charge in [-0.05, 0) is 13.3 Å². The van der Waals surface area contributed by atoms with Crippen molar-refractivity contribution in [2.45, 2.75) is 32.7 Å². The summed E-state index contributed by atoms with van der Waals surface area (Å²) in [6.07, 6.45) is 1.66. The number of hydrogen-bond donors (Lipinski definition) is 1. The second kappa shape index (κ2) is 6.66. The van der Waals surface area contributed by atoms with Gasteiger partial charge in [-0.15, -0.1) is 0 Å². The number of hydrogen-bond acceptors (Lipinski definition) is 3. The Kier molecular flexibility index (Phi) is 5.50. The van der Waals surface area contributed by atoms with Crippen LogP contribution >= 0.6 is 0 Å². The van der Waals surface area contributed by atoms with Gasteiger partial charge in [-0.2, -0.15) is 0 Å². The van der Waals surface area contributed by atoms with Gasteiger partial charge in [-0.1, -0.05) is 43.7 Å². The van der Waals surface area contributed by atoms with E-state index in [0.717, 1.165) is 12.8 Å². The number of benzene rings is 1. The van der Waals surface area contributed by atoms with E-state index >= 15 is 0 Å². The molecule has 0 aliphatic heterocycles. The largest absolute Gasteiger partial charge is 0.293 e. The number of sulfonamides is 1. The third-order valence-corrected chi connectivity index (χ3v) is 3.92. The lowest BCUT2D eigenvalue weighted by atomic mass is 10.2. The summed E-state index contributed by atoms with van der Waals surface area (Å²) < 4.78 is 26.0. The van der Waals surface area contributed by atoms with Gasteiger partial charge >= 0.3 is 0 Å². The highest BCUT2D eigenvalue weighted by atomic mass is 32.2. The summed E-state index contributed by atoms with van der Waals surface area (Å²) in [7, 11) is -3.55. The van der Waals surface area contributed by atoms with Crippen molar-refractivity contribution < 1.29 is 13.2 Å². The molecule has 100 valence electrons. The van der Waals surface area contributed by atoms with Crippen LogP contribution in [0.3, 0.4) is 0 Å². The highest BCUT2D eigenvalue weighted by Gasteiger charge is 2.19. The Morgan fingerprint density at radius 2 is 1.89 bits per heavy atom. The number of nitrogens with one attached hydrogen (secondary N) is 1. The molecule has 0 saturated heterocycles. The molecule has 5 heteroatoms. The summed E-state index contributed by atoms with van der Waals surface area (Å²) in [5, 5.41) is 0. The molecule has 1 aromatic rings. The lowest BCUT2D eigenvalue weighted by molar-refractivity contribution is 0.102. The van der Waals surface area contributed by atoms with Gasteiger partial charge in [0, 0.05) is 11.6 Å². The van der Waals surface area contributed by atoms with Gasteiger partial charge < -0.3 is 0 Å². The average Bonchev–Trinajstić information content (AvgIpc) is 2.29. The zero-order valence-corrected chi connectivity index (χ0v) is 11.5. The zero-order valence-electron chi connectivity index (χ0n) is 10.7. The van der Waals surface area contributed by atoms with Crippen molar-refractivity contribution in [3.63, 3.8) is 0 Å². The fourth-order valence-electron chi connectivity index (χ4n) is 1.72. The van der Waals surface area contributed by atoms with Crippen LogP contribution in [0.25, 0.3) is 0 Å². The van der Waals surface area contributed by atoms with Crippen LogP contribution in [-0.2, 0) is 10.0 Å². The molecule has 1 unspecified atom stereocenters. The number of ketones is 1. The summed E-state index contributed by atoms with van der Waals surface area (Å²) in [6.45, 7) is 3.79. The van der Waals surface area contributed by atoms with Crippen LogP contribution in [0.2, 0.25) is 0 Å². The van der Waals surface area contributed by atoms with Crippen molar-refractivity contribution in [1.82, 2.24) is 4.72 Å². The molecule has 0 saturated carbocycles. The van der Waals surface area contributed by atoms with Gasteiger partial charge in [-0.3, -0.25) is 4.79 Å². The van der Waals surface area contributed by atoms with E-state index in [1.165, 1.54) is 0 Å². The van der Waals surface area contributed by atoms with Gasteiger partial charge in [-0.25, -0.2) is 13.1 Å². The standard InChI is InChI=1S/C13H19NO3S/c1-3-7-11(2)14-18(16,17)10-13(15)12-8-5-4-6-9-12/h4-6,8-9,11,14H,3,7,10H2,1-2H3. The lowest BCUT2D eigenvalue weighted by Crippen LogP contribution is -2.36. The number of carbonyl (C=O) groups is 1. The first-order valence-electron chi connectivity index (χ1n) is 6.03. The molecule has 0 spiro atoms. The number of rotatable bonds is 7. The minimum atomic E-state index is -3.55. The van der Waals surface area contributed by atoms with Crippen LogP contribution in [-0.4, -0.2) is 26.0 Å². The van der Waals surface area contributed by atoms with Gasteiger partial charge in [0.2, 0.25) is 10.0 Å². The van der Waals surface area contributed by atoms with E-state index in [1.54, 1.807) is 37.3 Å². The van der Waals surface area contributed by atoms with Crippen molar-refractivity contribution in [3.8, 4) is 0 Å². The van der Waals surface area contributed by atoms with Crippen molar-refractivity contribution in [3.05, 3.63) is 35.9 Å². The zero-order chi connectivity index (χ0) is 13.6. The highest BCUT2D eigenvalue weighted by molar-refractivity contribution is 7.90. The van der Waals surface area contributed by atoms with E-state index < -0.39 is 15.8 Å². The molecule has 4 nitrogen and oxygen atoms in total. The molecule has 0 fully saturated rings. The summed E-state index contributed by atoms with van der Waals surface area (Å²) in [4.78, 5) is 11.8. The molecule has 18 heavy (non-hydrogen) atoms. The molecule has 0 bridgehead atoms. The molecular weight excluding hydrogens is 250 g/mol. The first kappa shape index (κ1) is 14.9. The highest BCUT2D eigenvalue weighted by Crippen LogP contribution is 2.04. The molecule has 0 radical (unpaired) electrons. The van der Waals surface area contributed by atoms with E-state index in [2.05, 4.69) is 4.72 Å². The van der Waals surface area contributed by atoms with E-state index in [9.17, 15) is 13.2 Å². The van der Waals surface area contributed by atoms with Crippen LogP contribution in [0.4, 0.5) is 0 Å². The second-order valence-electron chi connectivity index (χ2n) is 4.36. The molecule has 1 aromatic carbocycles. The van der Waals surface area contributed by atoms with Crippen LogP contribution < -0.4 is 4.72 Å². The SMILES string of the molecule is CCCC(C)NS(=O)(=O)CC(=O)c1ccccc1. The lowest BCUT2D eigenvalue weighted by Gasteiger charge is -2.12. The first-order chi connectivity index (χ1) is 8.44. The summed E-state index contributed by atoms with van der Waals surface area (Å²) in [6, 6.07) is 8.32. The molecule has 0 aromatic heterocycles. The maximum absolute atomic E-state index is 11.8. The van der Waals surface area contributed by atoms with Crippen LogP contribution in [0.1, 0.15) is 37.0 Å². The molecule has 0 amide bonds. The Balaban J connectivity index is 2.64. The van der Waals surface area contributed by atoms with Crippen molar-refractivity contribution in [1.29, 1.82) is 0 Å². The minimum Gasteiger partial charge on any atom is -0.293 e. The van der Waals surface area contributed by atoms with Crippen LogP contribution in [0.5, 0.6) is 0 Å². The summed E-state index contributed by atoms with van der Waals surface area (Å²) in [5.74, 6) is -0.878. The first-order valence-corrected chi connectivity index (χ1v) is 7.68. The van der Waals surface area contributed by atoms with E-state index in [4.69, 9.17) is 0 Å². The maximum atomic E-state index is 11.8. The molecular formula is C13H19NO3S. The normalized spacial score (nSPS) is 13.2. The third kappa shape index (κ3) is 4.98. The van der Waals surface area contributed by atoms with Gasteiger partial charge in [0.1, 0.15) is 5.75 Å². The Hall–Kier alpha value is -1.20. The Labute approximate surface area is 108 Å². The van der Waals surface area contributed by atoms with Crippen LogP contribution in [0.15, 0.2) is 30.3 Å². The van der Waals surface area contributed by atoms with Gasteiger partial charge in [0.05, 0.1) is 0 Å². The monoisotopic (exact) mass is 269 g/mol. The number of Topliss-reactive ketones (excluding diaryl/α,β-unsaturated/α-hetero) is 1. The van der Waals surface area contributed by atoms with Crippen molar-refractivity contribution in [2.75, 3.05) is 5.75 Å². The Morgan fingerprint density at radius 1 is 1.28 bits per heavy atom. The molecule has 0 aliphatic rings. The average molecular weight is 269 g/mol. The Bertz CT molecular complexity index is 482. The topological polar surface area (TPSA) is 63.2 Å². The predicted molar refractivity (Wildman–Crippen MR) is 72.1 cm³/mol. The van der Waals surface area contributed by atoms with Gasteiger partial charge in [0.25, 0.3) is 0 Å². The fraction of sp³-hybridized carbons (Fsp3) is 0.462. The fourth-order valence-corrected chi connectivity index (χ4v) is 3.05. The van der Waals surface area contributed by atoms with E-state index in [1.807, 2.05) is 6.92 Å². The van der Waals surface area contributed by atoms with Crippen molar-refractivity contribution >= 4 is 15.8 Å². The summed E-state index contributed by atoms with van der Waals surface area (Å²) >= 11 is 0. The van der Waals surface area contributed by atoms with Crippen molar-refractivity contribution in [2.24, 2.45) is 0 Å². The molecule has 1 N–H and O–H groups in total. The smallest absolute Gasteiger partial charge is 0.219 e. The third-order valence-electron chi connectivity index (χ3n) is 2.52. The molecule has 0 aliphatic carbocycles. The van der Waals surface area contributed by atoms with Crippen LogP contribution in [0, 0.1) is 0 Å². The molecule has 1 atom stereocenters. The Morgan fingerprint density at radius 3 is 2.44 bits per heavy atom. The quantitative estimate of drug-likeness (QED) is 0.770. The maximum Gasteiger partial charge on any atom is 0.219 e. The minimum absolute atomic E-state index is 0.136. The molecule has 1 rings (SSSR count). The second-order valence-corrected chi connectivity index (χ2v) is 6.11.